The van der Waals surface area contributed by atoms with Crippen molar-refractivity contribution in [2.45, 2.75) is 161 Å². The van der Waals surface area contributed by atoms with Gasteiger partial charge in [-0.15, -0.1) is 22.4 Å². The summed E-state index contributed by atoms with van der Waals surface area (Å²) in [5.74, 6) is 3.04. The van der Waals surface area contributed by atoms with Crippen molar-refractivity contribution in [2.75, 3.05) is 0 Å². The number of hydrogen-bond donors (Lipinski definition) is 0. The Morgan fingerprint density at radius 1 is 0.297 bits per heavy atom. The first-order valence-corrected chi connectivity index (χ1v) is 14.2. The van der Waals surface area contributed by atoms with Crippen molar-refractivity contribution in [3.8, 4) is 0 Å². The van der Waals surface area contributed by atoms with Crippen LogP contribution in [0, 0.1) is 47.3 Å². The van der Waals surface area contributed by atoms with E-state index in [4.69, 9.17) is 0 Å². The molecule has 4 nitrogen and oxygen atoms in total. The number of hydrogen-bond acceptors (Lipinski definition) is 4. The summed E-state index contributed by atoms with van der Waals surface area (Å²) in [6.45, 7) is 38.7. The summed E-state index contributed by atoms with van der Waals surface area (Å²) in [4.78, 5) is 0. The van der Waals surface area contributed by atoms with E-state index < -0.39 is 22.4 Å². The van der Waals surface area contributed by atoms with E-state index >= 15 is 0 Å². The molecule has 0 heterocycles. The van der Waals surface area contributed by atoms with Crippen LogP contribution in [0.2, 0.25) is 0 Å². The molecule has 0 bridgehead atoms. The van der Waals surface area contributed by atoms with Gasteiger partial charge in [0.05, 0.1) is 0 Å². The summed E-state index contributed by atoms with van der Waals surface area (Å²) >= 11 is 0. The maximum atomic E-state index is 11.2. The van der Waals surface area contributed by atoms with Gasteiger partial charge in [-0.05, 0) is 23.7 Å². The second-order valence-electron chi connectivity index (χ2n) is 14.5. The molecular formula is C32H68O4Si. The topological polar surface area (TPSA) is 92.2 Å². The van der Waals surface area contributed by atoms with Gasteiger partial charge in [-0.2, -0.15) is 0 Å². The van der Waals surface area contributed by atoms with Crippen molar-refractivity contribution in [2.24, 2.45) is 47.3 Å². The normalized spacial score (nSPS) is 15.9. The van der Waals surface area contributed by atoms with E-state index in [2.05, 4.69) is 55.4 Å². The molecule has 0 aliphatic rings. The smallest absolute Gasteiger partial charge is 0.850 e. The van der Waals surface area contributed by atoms with Crippen LogP contribution in [-0.4, -0.2) is 33.4 Å². The van der Waals surface area contributed by atoms with Crippen LogP contribution < -0.4 is 20.4 Å². The Balaban J connectivity index is -0.000000122. The van der Waals surface area contributed by atoms with Gasteiger partial charge < -0.3 is 20.4 Å². The predicted octanol–water partition coefficient (Wildman–Crippen LogP) is 5.29. The minimum Gasteiger partial charge on any atom is -0.850 e. The summed E-state index contributed by atoms with van der Waals surface area (Å²) in [6.07, 6.45) is 0. The predicted molar refractivity (Wildman–Crippen MR) is 158 cm³/mol. The molecule has 0 rings (SSSR count). The zero-order valence-electron chi connectivity index (χ0n) is 28.8. The molecule has 0 aromatic heterocycles. The summed E-state index contributed by atoms with van der Waals surface area (Å²) in [5, 5.41) is 45.0. The third-order valence-corrected chi connectivity index (χ3v) is 8.39. The van der Waals surface area contributed by atoms with Crippen molar-refractivity contribution in [3.05, 3.63) is 0 Å². The van der Waals surface area contributed by atoms with Gasteiger partial charge in [0.25, 0.3) is 0 Å². The third kappa shape index (κ3) is 26.1. The van der Waals surface area contributed by atoms with Gasteiger partial charge in [-0.1, -0.05) is 162 Å². The van der Waals surface area contributed by atoms with Gasteiger partial charge in [-0.25, -0.2) is 0 Å². The third-order valence-electron chi connectivity index (χ3n) is 8.39. The molecule has 224 valence electrons. The second-order valence-corrected chi connectivity index (χ2v) is 14.5. The Labute approximate surface area is 239 Å². The Morgan fingerprint density at radius 2 is 0.378 bits per heavy atom. The molecule has 0 aromatic rings. The van der Waals surface area contributed by atoms with Gasteiger partial charge in [0.15, 0.2) is 0 Å². The van der Waals surface area contributed by atoms with Gasteiger partial charge in [0, 0.05) is 0 Å². The molecule has 0 saturated carbocycles. The molecule has 4 unspecified atom stereocenters. The largest absolute Gasteiger partial charge is 4.00 e. The Kier molecular flexibility index (Phi) is 24.3. The Morgan fingerprint density at radius 3 is 0.378 bits per heavy atom. The number of rotatable bonds is 8. The van der Waals surface area contributed by atoms with Crippen LogP contribution in [0.5, 0.6) is 0 Å². The zero-order valence-corrected chi connectivity index (χ0v) is 29.8. The fraction of sp³-hybridized carbons (Fsp3) is 1.00. The second kappa shape index (κ2) is 19.2. The molecule has 0 aromatic carbocycles. The van der Waals surface area contributed by atoms with E-state index in [1.165, 1.54) is 0 Å². The molecule has 0 radical (unpaired) electrons. The minimum absolute atomic E-state index is 0. The molecule has 37 heavy (non-hydrogen) atoms. The first-order chi connectivity index (χ1) is 15.4. The molecule has 0 fully saturated rings. The van der Waals surface area contributed by atoms with Crippen LogP contribution in [-0.2, 0) is 0 Å². The van der Waals surface area contributed by atoms with Gasteiger partial charge in [0.2, 0.25) is 0 Å². The van der Waals surface area contributed by atoms with Crippen molar-refractivity contribution >= 4 is 11.0 Å². The van der Waals surface area contributed by atoms with Crippen LogP contribution in [0.1, 0.15) is 138 Å². The summed E-state index contributed by atoms with van der Waals surface area (Å²) < 4.78 is 0. The standard InChI is InChI=1S/4C8H17O.Si/c4*1-6(2)7(3)8(4,5)9;/h4*6-7H,1-5H3;/q4*-1;+4. The fourth-order valence-corrected chi connectivity index (χ4v) is 3.21. The van der Waals surface area contributed by atoms with E-state index in [9.17, 15) is 20.4 Å². The van der Waals surface area contributed by atoms with E-state index in [1.54, 1.807) is 55.4 Å². The van der Waals surface area contributed by atoms with Gasteiger partial charge in [-0.3, -0.25) is 0 Å². The van der Waals surface area contributed by atoms with Crippen molar-refractivity contribution in [1.29, 1.82) is 0 Å². The van der Waals surface area contributed by atoms with Gasteiger partial charge >= 0.3 is 11.0 Å². The van der Waals surface area contributed by atoms with E-state index in [-0.39, 0.29) is 34.6 Å². The Hall–Kier alpha value is 0.0569. The minimum atomic E-state index is -0.770. The summed E-state index contributed by atoms with van der Waals surface area (Å²) in [6, 6.07) is 0. The van der Waals surface area contributed by atoms with Crippen LogP contribution in [0.15, 0.2) is 0 Å². The van der Waals surface area contributed by atoms with Crippen molar-refractivity contribution in [3.63, 3.8) is 0 Å². The quantitative estimate of drug-likeness (QED) is 0.388. The summed E-state index contributed by atoms with van der Waals surface area (Å²) in [5.41, 5.74) is -3.08. The van der Waals surface area contributed by atoms with Crippen LogP contribution in [0.3, 0.4) is 0 Å². The Bertz CT molecular complexity index is 419. The van der Waals surface area contributed by atoms with Gasteiger partial charge in [0.1, 0.15) is 0 Å². The van der Waals surface area contributed by atoms with Crippen molar-refractivity contribution < 1.29 is 20.4 Å². The molecule has 4 atom stereocenters. The van der Waals surface area contributed by atoms with Crippen LogP contribution in [0.4, 0.5) is 0 Å². The SMILES string of the molecule is CC(C)C(C)C(C)(C)[O-].CC(C)C(C)C(C)(C)[O-].CC(C)C(C)C(C)(C)[O-].CC(C)C(C)C(C)(C)[O-].[Si+4]. The average molecular weight is 545 g/mol. The first-order valence-electron chi connectivity index (χ1n) is 14.2. The molecule has 0 aliphatic heterocycles. The monoisotopic (exact) mass is 544 g/mol. The summed E-state index contributed by atoms with van der Waals surface area (Å²) in [7, 11) is 0. The van der Waals surface area contributed by atoms with E-state index in [1.807, 2.05) is 27.7 Å². The van der Waals surface area contributed by atoms with E-state index in [0.717, 1.165) is 0 Å². The molecule has 0 N–H and O–H groups in total. The first kappa shape index (κ1) is 46.9. The maximum Gasteiger partial charge on any atom is 4.00 e. The molecular weight excluding hydrogens is 476 g/mol. The van der Waals surface area contributed by atoms with Crippen LogP contribution in [0.25, 0.3) is 0 Å². The molecule has 0 aliphatic carbocycles. The molecule has 0 saturated heterocycles. The average Bonchev–Trinajstić information content (AvgIpc) is 2.63. The fourth-order valence-electron chi connectivity index (χ4n) is 3.21. The van der Waals surface area contributed by atoms with Crippen molar-refractivity contribution in [1.82, 2.24) is 0 Å². The van der Waals surface area contributed by atoms with E-state index in [0.29, 0.717) is 23.7 Å². The maximum absolute atomic E-state index is 11.2. The zero-order chi connectivity index (χ0) is 30.6. The molecule has 0 spiro atoms. The van der Waals surface area contributed by atoms with Crippen LogP contribution >= 0.6 is 0 Å². The molecule has 0 amide bonds. The molecule has 5 heteroatoms.